The van der Waals surface area contributed by atoms with Gasteiger partial charge in [0, 0.05) is 0 Å². The molecule has 3 aromatic carbocycles. The Labute approximate surface area is 157 Å². The number of carbonyl (C=O) groups is 2. The molecule has 0 aromatic heterocycles. The molecule has 1 fully saturated rings. The van der Waals surface area contributed by atoms with E-state index < -0.39 is 6.03 Å². The molecule has 0 aliphatic carbocycles. The van der Waals surface area contributed by atoms with Crippen molar-refractivity contribution in [3.8, 4) is 11.1 Å². The van der Waals surface area contributed by atoms with Crippen LogP contribution in [-0.4, -0.2) is 16.8 Å². The summed E-state index contributed by atoms with van der Waals surface area (Å²) >= 11 is 0. The average Bonchev–Trinajstić information content (AvgIpc) is 2.97. The number of benzene rings is 3. The first-order valence-corrected chi connectivity index (χ1v) is 8.75. The number of hydrogen-bond donors (Lipinski definition) is 1. The molecule has 0 radical (unpaired) electrons. The monoisotopic (exact) mass is 354 g/mol. The van der Waals surface area contributed by atoms with Gasteiger partial charge in [-0.05, 0) is 28.3 Å². The fraction of sp³-hybridized carbons (Fsp3) is 0.0435. The van der Waals surface area contributed by atoms with Crippen molar-refractivity contribution in [2.45, 2.75) is 6.54 Å². The van der Waals surface area contributed by atoms with Gasteiger partial charge < -0.3 is 5.32 Å². The lowest BCUT2D eigenvalue weighted by Gasteiger charge is -2.11. The third kappa shape index (κ3) is 3.65. The van der Waals surface area contributed by atoms with Gasteiger partial charge in [0.15, 0.2) is 0 Å². The van der Waals surface area contributed by atoms with Gasteiger partial charge in [0.25, 0.3) is 5.91 Å². The predicted molar refractivity (Wildman–Crippen MR) is 105 cm³/mol. The number of hydrogen-bond acceptors (Lipinski definition) is 2. The molecule has 0 saturated carbocycles. The topological polar surface area (TPSA) is 49.4 Å². The SMILES string of the molecule is O=C1N/C(=C/c2ccc(-c3ccccc3)cc2)C(=O)N1Cc1ccccc1. The van der Waals surface area contributed by atoms with Crippen molar-refractivity contribution in [1.29, 1.82) is 0 Å². The van der Waals surface area contributed by atoms with Crippen LogP contribution in [0.1, 0.15) is 11.1 Å². The smallest absolute Gasteiger partial charge is 0.303 e. The van der Waals surface area contributed by atoms with E-state index in [1.807, 2.05) is 72.8 Å². The molecule has 132 valence electrons. The molecular formula is C23H18N2O2. The summed E-state index contributed by atoms with van der Waals surface area (Å²) in [5.41, 5.74) is 4.30. The van der Waals surface area contributed by atoms with Crippen LogP contribution in [0.15, 0.2) is 90.6 Å². The van der Waals surface area contributed by atoms with Crippen LogP contribution in [0.25, 0.3) is 17.2 Å². The maximum absolute atomic E-state index is 12.6. The van der Waals surface area contributed by atoms with Crippen LogP contribution >= 0.6 is 0 Å². The summed E-state index contributed by atoms with van der Waals surface area (Å²) in [7, 11) is 0. The van der Waals surface area contributed by atoms with Gasteiger partial charge in [-0.3, -0.25) is 9.69 Å². The molecule has 0 spiro atoms. The Morgan fingerprint density at radius 1 is 0.741 bits per heavy atom. The predicted octanol–water partition coefficient (Wildman–Crippen LogP) is 4.45. The number of rotatable bonds is 4. The second-order valence-electron chi connectivity index (χ2n) is 6.35. The first-order chi connectivity index (χ1) is 13.2. The van der Waals surface area contributed by atoms with Gasteiger partial charge in [0.05, 0.1) is 6.54 Å². The van der Waals surface area contributed by atoms with E-state index >= 15 is 0 Å². The molecule has 1 aliphatic rings. The highest BCUT2D eigenvalue weighted by molar-refractivity contribution is 6.13. The summed E-state index contributed by atoms with van der Waals surface area (Å²) in [5.74, 6) is -0.309. The minimum absolute atomic E-state index is 0.260. The molecule has 3 aromatic rings. The molecule has 4 nitrogen and oxygen atoms in total. The van der Waals surface area contributed by atoms with Gasteiger partial charge in [0.1, 0.15) is 5.70 Å². The van der Waals surface area contributed by atoms with E-state index in [0.717, 1.165) is 22.3 Å². The molecule has 1 aliphatic heterocycles. The fourth-order valence-electron chi connectivity index (χ4n) is 3.05. The van der Waals surface area contributed by atoms with E-state index in [2.05, 4.69) is 17.4 Å². The van der Waals surface area contributed by atoms with Crippen LogP contribution in [0.4, 0.5) is 4.79 Å². The Morgan fingerprint density at radius 3 is 2.00 bits per heavy atom. The van der Waals surface area contributed by atoms with Crippen molar-refractivity contribution < 1.29 is 9.59 Å². The lowest BCUT2D eigenvalue weighted by molar-refractivity contribution is -0.123. The molecule has 4 rings (SSSR count). The molecule has 0 bridgehead atoms. The van der Waals surface area contributed by atoms with E-state index in [4.69, 9.17) is 0 Å². The number of carbonyl (C=O) groups excluding carboxylic acids is 2. The molecule has 3 amide bonds. The van der Waals surface area contributed by atoms with E-state index in [1.165, 1.54) is 4.90 Å². The molecule has 1 heterocycles. The molecule has 0 unspecified atom stereocenters. The van der Waals surface area contributed by atoms with Gasteiger partial charge in [-0.2, -0.15) is 0 Å². The average molecular weight is 354 g/mol. The molecule has 0 atom stereocenters. The standard InChI is InChI=1S/C23H18N2O2/c26-22-21(24-23(27)25(22)16-18-7-3-1-4-8-18)15-17-11-13-20(14-12-17)19-9-5-2-6-10-19/h1-15H,16H2,(H,24,27)/b21-15+. The van der Waals surface area contributed by atoms with Crippen LogP contribution in [0, 0.1) is 0 Å². The van der Waals surface area contributed by atoms with Crippen LogP contribution < -0.4 is 5.32 Å². The van der Waals surface area contributed by atoms with E-state index in [0.29, 0.717) is 5.70 Å². The highest BCUT2D eigenvalue weighted by Gasteiger charge is 2.33. The summed E-state index contributed by atoms with van der Waals surface area (Å²) in [6, 6.07) is 27.0. The minimum atomic E-state index is -0.393. The van der Waals surface area contributed by atoms with Crippen molar-refractivity contribution in [1.82, 2.24) is 10.2 Å². The first kappa shape index (κ1) is 16.8. The number of imide groups is 1. The third-order valence-electron chi connectivity index (χ3n) is 4.47. The molecule has 4 heteroatoms. The summed E-state index contributed by atoms with van der Waals surface area (Å²) in [5, 5.41) is 2.67. The van der Waals surface area contributed by atoms with Gasteiger partial charge in [-0.25, -0.2) is 4.79 Å². The summed E-state index contributed by atoms with van der Waals surface area (Å²) in [6.07, 6.45) is 1.71. The van der Waals surface area contributed by atoms with Crippen LogP contribution in [0.5, 0.6) is 0 Å². The molecule has 27 heavy (non-hydrogen) atoms. The van der Waals surface area contributed by atoms with Gasteiger partial charge in [-0.1, -0.05) is 84.9 Å². The highest BCUT2D eigenvalue weighted by Crippen LogP contribution is 2.21. The highest BCUT2D eigenvalue weighted by atomic mass is 16.2. The van der Waals surface area contributed by atoms with Gasteiger partial charge >= 0.3 is 6.03 Å². The number of amides is 3. The normalized spacial score (nSPS) is 15.3. The van der Waals surface area contributed by atoms with E-state index in [9.17, 15) is 9.59 Å². The molecular weight excluding hydrogens is 336 g/mol. The second kappa shape index (κ2) is 7.30. The van der Waals surface area contributed by atoms with Crippen molar-refractivity contribution in [2.75, 3.05) is 0 Å². The lowest BCUT2D eigenvalue weighted by atomic mass is 10.0. The maximum Gasteiger partial charge on any atom is 0.329 e. The molecule has 1 saturated heterocycles. The van der Waals surface area contributed by atoms with E-state index in [1.54, 1.807) is 6.08 Å². The zero-order valence-corrected chi connectivity index (χ0v) is 14.6. The Hall–Kier alpha value is -3.66. The summed E-state index contributed by atoms with van der Waals surface area (Å²) < 4.78 is 0. The zero-order chi connectivity index (χ0) is 18.6. The van der Waals surface area contributed by atoms with Crippen molar-refractivity contribution in [2.24, 2.45) is 0 Å². The van der Waals surface area contributed by atoms with Gasteiger partial charge in [0.2, 0.25) is 0 Å². The lowest BCUT2D eigenvalue weighted by Crippen LogP contribution is -2.30. The van der Waals surface area contributed by atoms with Crippen LogP contribution in [-0.2, 0) is 11.3 Å². The van der Waals surface area contributed by atoms with Crippen molar-refractivity contribution >= 4 is 18.0 Å². The summed E-state index contributed by atoms with van der Waals surface area (Å²) in [4.78, 5) is 26.0. The van der Waals surface area contributed by atoms with Crippen LogP contribution in [0.3, 0.4) is 0 Å². The van der Waals surface area contributed by atoms with Crippen LogP contribution in [0.2, 0.25) is 0 Å². The number of nitrogens with zero attached hydrogens (tertiary/aromatic N) is 1. The number of urea groups is 1. The maximum atomic E-state index is 12.6. The van der Waals surface area contributed by atoms with Crippen molar-refractivity contribution in [3.63, 3.8) is 0 Å². The summed E-state index contributed by atoms with van der Waals surface area (Å²) in [6.45, 7) is 0.260. The second-order valence-corrected chi connectivity index (χ2v) is 6.35. The largest absolute Gasteiger partial charge is 0.329 e. The Bertz CT molecular complexity index is 994. The number of nitrogens with one attached hydrogen (secondary N) is 1. The van der Waals surface area contributed by atoms with E-state index in [-0.39, 0.29) is 12.5 Å². The van der Waals surface area contributed by atoms with Crippen molar-refractivity contribution in [3.05, 3.63) is 102 Å². The first-order valence-electron chi connectivity index (χ1n) is 8.75. The Morgan fingerprint density at radius 2 is 1.33 bits per heavy atom. The quantitative estimate of drug-likeness (QED) is 0.556. The third-order valence-corrected chi connectivity index (χ3v) is 4.47. The van der Waals surface area contributed by atoms with Gasteiger partial charge in [-0.15, -0.1) is 0 Å². The Kier molecular flexibility index (Phi) is 4.54. The molecule has 1 N–H and O–H groups in total. The zero-order valence-electron chi connectivity index (χ0n) is 14.6. The minimum Gasteiger partial charge on any atom is -0.303 e. The fourth-order valence-corrected chi connectivity index (χ4v) is 3.05. The Balaban J connectivity index is 1.52.